The second-order valence-corrected chi connectivity index (χ2v) is 4.66. The number of aromatic amines is 1. The number of amides is 1. The largest absolute Gasteiger partial charge is 0.417 e. The van der Waals surface area contributed by atoms with E-state index in [-0.39, 0.29) is 17.1 Å². The molecule has 112 valence electrons. The molecule has 0 saturated heterocycles. The number of hydrogen-bond acceptors (Lipinski definition) is 3. The molecule has 4 N–H and O–H groups in total. The number of nitrogens with two attached hydrogens (primary N) is 1. The van der Waals surface area contributed by atoms with Gasteiger partial charge in [-0.05, 0) is 25.1 Å². The Morgan fingerprint density at radius 2 is 2.10 bits per heavy atom. The lowest BCUT2D eigenvalue weighted by Gasteiger charge is -2.11. The van der Waals surface area contributed by atoms with Crippen molar-refractivity contribution in [3.63, 3.8) is 0 Å². The lowest BCUT2D eigenvalue weighted by molar-refractivity contribution is -0.137. The molecule has 0 atom stereocenters. The Morgan fingerprint density at radius 1 is 1.43 bits per heavy atom. The fraction of sp³-hybridized carbons (Fsp3) is 0.167. The maximum atomic E-state index is 12.7. The van der Waals surface area contributed by atoms with E-state index in [0.29, 0.717) is 5.69 Å². The summed E-state index contributed by atoms with van der Waals surface area (Å²) in [5, 5.41) is 8.04. The first-order chi connectivity index (χ1) is 9.70. The standard InChI is InChI=1S/C12H10ClF3N4O/c1-5-9(17)10(20-19-5)11(21)18-6-2-3-8(13)7(4-6)12(14,15)16/h2-4H,17H2,1H3,(H,18,21)(H,19,20). The maximum absolute atomic E-state index is 12.7. The van der Waals surface area contributed by atoms with E-state index < -0.39 is 22.7 Å². The minimum atomic E-state index is -4.61. The van der Waals surface area contributed by atoms with E-state index in [1.807, 2.05) is 0 Å². The average Bonchev–Trinajstić information content (AvgIpc) is 2.71. The summed E-state index contributed by atoms with van der Waals surface area (Å²) in [6, 6.07) is 3.06. The number of halogens is 4. The van der Waals surface area contributed by atoms with Gasteiger partial charge >= 0.3 is 6.18 Å². The van der Waals surface area contributed by atoms with Crippen molar-refractivity contribution in [1.29, 1.82) is 0 Å². The number of rotatable bonds is 2. The van der Waals surface area contributed by atoms with Crippen molar-refractivity contribution in [3.05, 3.63) is 40.2 Å². The number of H-pyrrole nitrogens is 1. The van der Waals surface area contributed by atoms with Crippen LogP contribution in [0.2, 0.25) is 5.02 Å². The molecule has 0 aliphatic heterocycles. The van der Waals surface area contributed by atoms with Crippen LogP contribution in [0.4, 0.5) is 24.5 Å². The Balaban J connectivity index is 2.28. The molecule has 0 unspecified atom stereocenters. The summed E-state index contributed by atoms with van der Waals surface area (Å²) in [4.78, 5) is 11.9. The van der Waals surface area contributed by atoms with Crippen molar-refractivity contribution in [2.75, 3.05) is 11.1 Å². The lowest BCUT2D eigenvalue weighted by Crippen LogP contribution is -2.15. The number of alkyl halides is 3. The minimum absolute atomic E-state index is 0.0585. The molecule has 0 radical (unpaired) electrons. The maximum Gasteiger partial charge on any atom is 0.417 e. The van der Waals surface area contributed by atoms with E-state index in [1.54, 1.807) is 6.92 Å². The van der Waals surface area contributed by atoms with Gasteiger partial charge in [0.05, 0.1) is 22.0 Å². The van der Waals surface area contributed by atoms with Crippen LogP contribution in [0.1, 0.15) is 21.7 Å². The Bertz CT molecular complexity index is 696. The highest BCUT2D eigenvalue weighted by Crippen LogP contribution is 2.36. The van der Waals surface area contributed by atoms with Gasteiger partial charge in [-0.2, -0.15) is 18.3 Å². The molecule has 0 fully saturated rings. The number of benzene rings is 1. The smallest absolute Gasteiger partial charge is 0.395 e. The summed E-state index contributed by atoms with van der Waals surface area (Å²) in [6.07, 6.45) is -4.61. The zero-order chi connectivity index (χ0) is 15.8. The number of nitrogen functional groups attached to an aromatic ring is 1. The highest BCUT2D eigenvalue weighted by Gasteiger charge is 2.33. The first kappa shape index (κ1) is 15.2. The molecule has 2 aromatic rings. The van der Waals surface area contributed by atoms with Crippen molar-refractivity contribution in [2.45, 2.75) is 13.1 Å². The van der Waals surface area contributed by atoms with Crippen LogP contribution in [0, 0.1) is 6.92 Å². The molecule has 0 aliphatic rings. The summed E-state index contributed by atoms with van der Waals surface area (Å²) >= 11 is 5.49. The first-order valence-corrected chi connectivity index (χ1v) is 6.06. The number of carbonyl (C=O) groups excluding carboxylic acids is 1. The van der Waals surface area contributed by atoms with Crippen molar-refractivity contribution >= 4 is 28.9 Å². The molecular formula is C12H10ClF3N4O. The second kappa shape index (κ2) is 5.28. The Morgan fingerprint density at radius 3 is 2.62 bits per heavy atom. The van der Waals surface area contributed by atoms with E-state index in [1.165, 1.54) is 6.07 Å². The normalized spacial score (nSPS) is 11.5. The van der Waals surface area contributed by atoms with Crippen LogP contribution < -0.4 is 11.1 Å². The van der Waals surface area contributed by atoms with E-state index >= 15 is 0 Å². The zero-order valence-corrected chi connectivity index (χ0v) is 11.4. The van der Waals surface area contributed by atoms with E-state index in [0.717, 1.165) is 12.1 Å². The van der Waals surface area contributed by atoms with Crippen LogP contribution in [0.15, 0.2) is 18.2 Å². The van der Waals surface area contributed by atoms with Crippen molar-refractivity contribution in [1.82, 2.24) is 10.2 Å². The van der Waals surface area contributed by atoms with Crippen LogP contribution in [0.3, 0.4) is 0 Å². The molecule has 1 aromatic carbocycles. The third-order valence-corrected chi connectivity index (χ3v) is 3.07. The molecule has 0 bridgehead atoms. The van der Waals surface area contributed by atoms with Crippen LogP contribution >= 0.6 is 11.6 Å². The number of hydrogen-bond donors (Lipinski definition) is 3. The van der Waals surface area contributed by atoms with Gasteiger partial charge in [0, 0.05) is 5.69 Å². The van der Waals surface area contributed by atoms with Gasteiger partial charge < -0.3 is 11.1 Å². The third-order valence-electron chi connectivity index (χ3n) is 2.74. The highest BCUT2D eigenvalue weighted by atomic mass is 35.5. The van der Waals surface area contributed by atoms with Gasteiger partial charge in [-0.25, -0.2) is 0 Å². The van der Waals surface area contributed by atoms with Crippen molar-refractivity contribution in [2.24, 2.45) is 0 Å². The van der Waals surface area contributed by atoms with E-state index in [9.17, 15) is 18.0 Å². The Labute approximate surface area is 122 Å². The fourth-order valence-electron chi connectivity index (χ4n) is 1.62. The quantitative estimate of drug-likeness (QED) is 0.795. The van der Waals surface area contributed by atoms with Gasteiger partial charge in [0.2, 0.25) is 0 Å². The summed E-state index contributed by atoms with van der Waals surface area (Å²) in [5.41, 5.74) is 5.07. The molecule has 1 aromatic heterocycles. The molecule has 0 spiro atoms. The number of aryl methyl sites for hydroxylation is 1. The van der Waals surface area contributed by atoms with Gasteiger partial charge in [0.25, 0.3) is 5.91 Å². The van der Waals surface area contributed by atoms with Gasteiger partial charge in [-0.15, -0.1) is 0 Å². The molecule has 2 rings (SSSR count). The average molecular weight is 319 g/mol. The molecule has 0 saturated carbocycles. The van der Waals surface area contributed by atoms with E-state index in [2.05, 4.69) is 15.5 Å². The fourth-order valence-corrected chi connectivity index (χ4v) is 1.85. The SMILES string of the molecule is Cc1[nH]nc(C(=O)Nc2ccc(Cl)c(C(F)(F)F)c2)c1N. The Hall–Kier alpha value is -2.22. The molecule has 21 heavy (non-hydrogen) atoms. The van der Waals surface area contributed by atoms with Gasteiger partial charge in [0.15, 0.2) is 5.69 Å². The number of carbonyl (C=O) groups is 1. The highest BCUT2D eigenvalue weighted by molar-refractivity contribution is 6.31. The molecular weight excluding hydrogens is 309 g/mol. The monoisotopic (exact) mass is 318 g/mol. The van der Waals surface area contributed by atoms with Crippen molar-refractivity contribution < 1.29 is 18.0 Å². The van der Waals surface area contributed by atoms with Gasteiger partial charge in [0.1, 0.15) is 0 Å². The van der Waals surface area contributed by atoms with Crippen LogP contribution in [-0.4, -0.2) is 16.1 Å². The number of anilines is 2. The van der Waals surface area contributed by atoms with Crippen LogP contribution in [0.25, 0.3) is 0 Å². The number of nitrogens with one attached hydrogen (secondary N) is 2. The lowest BCUT2D eigenvalue weighted by atomic mass is 10.2. The summed E-state index contributed by atoms with van der Waals surface area (Å²) in [7, 11) is 0. The molecule has 1 heterocycles. The third kappa shape index (κ3) is 3.10. The predicted molar refractivity (Wildman–Crippen MR) is 72.1 cm³/mol. The molecule has 0 aliphatic carbocycles. The van der Waals surface area contributed by atoms with Crippen LogP contribution in [-0.2, 0) is 6.18 Å². The summed E-state index contributed by atoms with van der Waals surface area (Å²) in [6.45, 7) is 1.61. The van der Waals surface area contributed by atoms with Crippen molar-refractivity contribution in [3.8, 4) is 0 Å². The number of aromatic nitrogens is 2. The summed E-state index contributed by atoms with van der Waals surface area (Å²) in [5.74, 6) is -0.715. The topological polar surface area (TPSA) is 83.8 Å². The van der Waals surface area contributed by atoms with Gasteiger partial charge in [-0.1, -0.05) is 11.6 Å². The van der Waals surface area contributed by atoms with Crippen LogP contribution in [0.5, 0.6) is 0 Å². The zero-order valence-electron chi connectivity index (χ0n) is 10.7. The second-order valence-electron chi connectivity index (χ2n) is 4.26. The minimum Gasteiger partial charge on any atom is -0.395 e. The Kier molecular flexibility index (Phi) is 3.82. The first-order valence-electron chi connectivity index (χ1n) is 5.68. The van der Waals surface area contributed by atoms with E-state index in [4.69, 9.17) is 17.3 Å². The van der Waals surface area contributed by atoms with Gasteiger partial charge in [-0.3, -0.25) is 9.89 Å². The molecule has 1 amide bonds. The molecule has 9 heteroatoms. The number of nitrogens with zero attached hydrogens (tertiary/aromatic N) is 1. The molecule has 5 nitrogen and oxygen atoms in total. The summed E-state index contributed by atoms with van der Waals surface area (Å²) < 4.78 is 38.2. The predicted octanol–water partition coefficient (Wildman–Crippen LogP) is 3.22.